The molecule has 2 fully saturated rings. The third kappa shape index (κ3) is 4.91. The van der Waals surface area contributed by atoms with Gasteiger partial charge < -0.3 is 15.5 Å². The summed E-state index contributed by atoms with van der Waals surface area (Å²) in [5.41, 5.74) is 1.44. The van der Waals surface area contributed by atoms with Crippen molar-refractivity contribution in [2.45, 2.75) is 25.7 Å². The van der Waals surface area contributed by atoms with Gasteiger partial charge in [0.15, 0.2) is 5.96 Å². The van der Waals surface area contributed by atoms with Crippen molar-refractivity contribution in [1.82, 2.24) is 20.4 Å². The lowest BCUT2D eigenvalue weighted by Crippen LogP contribution is -2.42. The Balaban J connectivity index is 0.00000261. The molecule has 2 heterocycles. The highest BCUT2D eigenvalue weighted by Crippen LogP contribution is 2.33. The lowest BCUT2D eigenvalue weighted by Gasteiger charge is -2.27. The number of carbonyl (C=O) groups is 2. The van der Waals surface area contributed by atoms with E-state index in [-0.39, 0.29) is 47.9 Å². The molecular formula is C19H28IN5O2. The average molecular weight is 485 g/mol. The zero-order chi connectivity index (χ0) is 18.6. The lowest BCUT2D eigenvalue weighted by molar-refractivity contribution is -0.124. The third-order valence-electron chi connectivity index (χ3n) is 5.10. The Morgan fingerprint density at radius 3 is 2.67 bits per heavy atom. The van der Waals surface area contributed by atoms with Crippen LogP contribution >= 0.6 is 24.0 Å². The molecule has 148 valence electrons. The van der Waals surface area contributed by atoms with E-state index in [4.69, 9.17) is 0 Å². The maximum absolute atomic E-state index is 11.7. The Bertz CT molecular complexity index is 681. The predicted octanol–water partition coefficient (Wildman–Crippen LogP) is 1.79. The summed E-state index contributed by atoms with van der Waals surface area (Å²) in [5.74, 6) is 0.659. The molecule has 2 aliphatic heterocycles. The van der Waals surface area contributed by atoms with Crippen LogP contribution in [0.25, 0.3) is 0 Å². The van der Waals surface area contributed by atoms with Crippen molar-refractivity contribution in [3.05, 3.63) is 35.9 Å². The third-order valence-corrected chi connectivity index (χ3v) is 5.10. The molecular weight excluding hydrogens is 457 g/mol. The van der Waals surface area contributed by atoms with Crippen LogP contribution in [0.1, 0.15) is 25.8 Å². The molecule has 0 radical (unpaired) electrons. The minimum atomic E-state index is -0.326. The van der Waals surface area contributed by atoms with Crippen molar-refractivity contribution in [2.24, 2.45) is 4.99 Å². The molecule has 1 unspecified atom stereocenters. The number of hydrogen-bond donors (Lipinski definition) is 2. The first-order chi connectivity index (χ1) is 12.5. The van der Waals surface area contributed by atoms with Crippen LogP contribution in [0.3, 0.4) is 0 Å². The summed E-state index contributed by atoms with van der Waals surface area (Å²) < 4.78 is 0. The van der Waals surface area contributed by atoms with Crippen molar-refractivity contribution in [1.29, 1.82) is 0 Å². The number of nitrogens with one attached hydrogen (secondary N) is 2. The monoisotopic (exact) mass is 485 g/mol. The normalized spacial score (nSPS) is 22.7. The lowest BCUT2D eigenvalue weighted by atomic mass is 9.82. The molecule has 27 heavy (non-hydrogen) atoms. The van der Waals surface area contributed by atoms with Crippen LogP contribution in [0, 0.1) is 0 Å². The van der Waals surface area contributed by atoms with Crippen LogP contribution < -0.4 is 10.6 Å². The van der Waals surface area contributed by atoms with E-state index in [9.17, 15) is 9.59 Å². The fourth-order valence-electron chi connectivity index (χ4n) is 3.58. The van der Waals surface area contributed by atoms with Crippen molar-refractivity contribution >= 4 is 41.9 Å². The molecule has 0 spiro atoms. The maximum atomic E-state index is 11.7. The number of likely N-dealkylation sites (tertiary alicyclic amines) is 1. The summed E-state index contributed by atoms with van der Waals surface area (Å²) in [7, 11) is 0. The molecule has 3 amide bonds. The second-order valence-corrected chi connectivity index (χ2v) is 7.04. The zero-order valence-electron chi connectivity index (χ0n) is 15.9. The van der Waals surface area contributed by atoms with Crippen LogP contribution in [0.15, 0.2) is 35.3 Å². The highest BCUT2D eigenvalue weighted by Gasteiger charge is 2.36. The second-order valence-electron chi connectivity index (χ2n) is 7.04. The minimum Gasteiger partial charge on any atom is -0.357 e. The first-order valence-electron chi connectivity index (χ1n) is 9.20. The number of rotatable bonds is 5. The Morgan fingerprint density at radius 1 is 1.30 bits per heavy atom. The molecule has 0 aromatic heterocycles. The maximum Gasteiger partial charge on any atom is 0.324 e. The summed E-state index contributed by atoms with van der Waals surface area (Å²) in [4.78, 5) is 31.4. The largest absolute Gasteiger partial charge is 0.357 e. The fraction of sp³-hybridized carbons (Fsp3) is 0.526. The van der Waals surface area contributed by atoms with Gasteiger partial charge in [-0.25, -0.2) is 4.79 Å². The van der Waals surface area contributed by atoms with E-state index in [1.54, 1.807) is 0 Å². The van der Waals surface area contributed by atoms with E-state index in [2.05, 4.69) is 51.7 Å². The number of halogens is 1. The number of urea groups is 1. The quantitative estimate of drug-likeness (QED) is 0.289. The molecule has 0 saturated carbocycles. The Morgan fingerprint density at radius 2 is 2.04 bits per heavy atom. The Labute approximate surface area is 177 Å². The van der Waals surface area contributed by atoms with Gasteiger partial charge in [-0.3, -0.25) is 14.7 Å². The molecule has 3 rings (SSSR count). The molecule has 2 saturated heterocycles. The van der Waals surface area contributed by atoms with Gasteiger partial charge in [0.1, 0.15) is 0 Å². The summed E-state index contributed by atoms with van der Waals surface area (Å²) in [6, 6.07) is 10.3. The van der Waals surface area contributed by atoms with Gasteiger partial charge in [0, 0.05) is 25.0 Å². The van der Waals surface area contributed by atoms with E-state index >= 15 is 0 Å². The molecule has 0 aliphatic carbocycles. The van der Waals surface area contributed by atoms with Crippen LogP contribution in [0.5, 0.6) is 0 Å². The smallest absolute Gasteiger partial charge is 0.324 e. The van der Waals surface area contributed by atoms with E-state index in [1.165, 1.54) is 10.5 Å². The molecule has 1 aromatic carbocycles. The number of carbonyl (C=O) groups excluding carboxylic acids is 2. The number of guanidine groups is 1. The van der Waals surface area contributed by atoms with Gasteiger partial charge in [-0.1, -0.05) is 37.3 Å². The molecule has 1 aromatic rings. The van der Waals surface area contributed by atoms with E-state index in [0.29, 0.717) is 13.1 Å². The summed E-state index contributed by atoms with van der Waals surface area (Å²) >= 11 is 0. The summed E-state index contributed by atoms with van der Waals surface area (Å²) in [6.45, 7) is 7.74. The standard InChI is InChI=1S/C19H27N5O2.HI/c1-3-20-17(21-10-12-24-16(25)13-22-18(24)26)23-11-9-19(2,14-23)15-7-5-4-6-8-15;/h4-8H,3,9-14H2,1-2H3,(H,20,21)(H,22,26);1H. The van der Waals surface area contributed by atoms with Crippen molar-refractivity contribution in [2.75, 3.05) is 39.3 Å². The van der Waals surface area contributed by atoms with E-state index in [0.717, 1.165) is 32.0 Å². The van der Waals surface area contributed by atoms with E-state index in [1.807, 2.05) is 13.0 Å². The summed E-state index contributed by atoms with van der Waals surface area (Å²) in [5, 5.41) is 5.86. The van der Waals surface area contributed by atoms with Gasteiger partial charge in [0.25, 0.3) is 0 Å². The van der Waals surface area contributed by atoms with Gasteiger partial charge in [-0.2, -0.15) is 0 Å². The minimum absolute atomic E-state index is 0. The molecule has 2 N–H and O–H groups in total. The predicted molar refractivity (Wildman–Crippen MR) is 116 cm³/mol. The van der Waals surface area contributed by atoms with Gasteiger partial charge >= 0.3 is 6.03 Å². The first-order valence-corrected chi connectivity index (χ1v) is 9.20. The van der Waals surface area contributed by atoms with Crippen molar-refractivity contribution < 1.29 is 9.59 Å². The number of benzene rings is 1. The highest BCUT2D eigenvalue weighted by molar-refractivity contribution is 14.0. The average Bonchev–Trinajstić information content (AvgIpc) is 3.20. The van der Waals surface area contributed by atoms with Gasteiger partial charge in [0.2, 0.25) is 5.91 Å². The molecule has 8 heteroatoms. The zero-order valence-corrected chi connectivity index (χ0v) is 18.2. The molecule has 0 bridgehead atoms. The van der Waals surface area contributed by atoms with Crippen molar-refractivity contribution in [3.8, 4) is 0 Å². The second kappa shape index (κ2) is 9.38. The topological polar surface area (TPSA) is 77.0 Å². The summed E-state index contributed by atoms with van der Waals surface area (Å²) in [6.07, 6.45) is 1.06. The number of hydrogen-bond acceptors (Lipinski definition) is 3. The fourth-order valence-corrected chi connectivity index (χ4v) is 3.58. The van der Waals surface area contributed by atoms with Gasteiger partial charge in [-0.15, -0.1) is 24.0 Å². The molecule has 1 atom stereocenters. The SMILES string of the molecule is CCNC(=NCCN1C(=O)CNC1=O)N1CCC(C)(c2ccccc2)C1.I. The molecule has 2 aliphatic rings. The van der Waals surface area contributed by atoms with Crippen LogP contribution in [-0.4, -0.2) is 67.0 Å². The first kappa shape index (κ1) is 21.5. The number of imide groups is 1. The number of amides is 3. The van der Waals surface area contributed by atoms with Crippen LogP contribution in [-0.2, 0) is 10.2 Å². The van der Waals surface area contributed by atoms with Crippen LogP contribution in [0.4, 0.5) is 4.79 Å². The van der Waals surface area contributed by atoms with Crippen LogP contribution in [0.2, 0.25) is 0 Å². The van der Waals surface area contributed by atoms with E-state index < -0.39 is 0 Å². The van der Waals surface area contributed by atoms with Gasteiger partial charge in [-0.05, 0) is 18.9 Å². The van der Waals surface area contributed by atoms with Crippen molar-refractivity contribution in [3.63, 3.8) is 0 Å². The number of aliphatic imine (C=N–C) groups is 1. The Hall–Kier alpha value is -1.84. The van der Waals surface area contributed by atoms with Gasteiger partial charge in [0.05, 0.1) is 19.6 Å². The molecule has 7 nitrogen and oxygen atoms in total. The number of nitrogens with zero attached hydrogens (tertiary/aromatic N) is 3. The highest BCUT2D eigenvalue weighted by atomic mass is 127. The Kier molecular flexibility index (Phi) is 7.46.